The van der Waals surface area contributed by atoms with Crippen LogP contribution in [0.5, 0.6) is 0 Å². The van der Waals surface area contributed by atoms with E-state index in [1.54, 1.807) is 6.07 Å². The third kappa shape index (κ3) is 0.821. The van der Waals surface area contributed by atoms with Crippen molar-refractivity contribution in [1.29, 1.82) is 10.7 Å². The van der Waals surface area contributed by atoms with Crippen LogP contribution in [0.2, 0.25) is 0 Å². The maximum absolute atomic E-state index is 8.77. The Bertz CT molecular complexity index is 334. The second-order valence-corrected chi connectivity index (χ2v) is 1.58. The van der Waals surface area contributed by atoms with Crippen LogP contribution in [0.1, 0.15) is 5.69 Å². The van der Waals surface area contributed by atoms with E-state index in [0.29, 0.717) is 4.73 Å². The molecule has 0 fully saturated rings. The van der Waals surface area contributed by atoms with E-state index in [4.69, 9.17) is 15.9 Å². The Morgan fingerprint density at radius 2 is 2.50 bits per heavy atom. The Labute approximate surface area is 56.3 Å². The van der Waals surface area contributed by atoms with Gasteiger partial charge in [-0.1, -0.05) is 0 Å². The molecule has 1 rings (SSSR count). The normalized spacial score (nSPS) is 8.70. The van der Waals surface area contributed by atoms with Gasteiger partial charge in [-0.25, -0.2) is 4.98 Å². The minimum Gasteiger partial charge on any atom is -0.427 e. The zero-order valence-corrected chi connectivity index (χ0v) is 4.94. The monoisotopic (exact) mass is 136 g/mol. The summed E-state index contributed by atoms with van der Waals surface area (Å²) < 4.78 is 0.533. The first-order valence-corrected chi connectivity index (χ1v) is 2.47. The van der Waals surface area contributed by atoms with Crippen LogP contribution in [0, 0.1) is 16.7 Å². The van der Waals surface area contributed by atoms with E-state index in [-0.39, 0.29) is 11.2 Å². The lowest BCUT2D eigenvalue weighted by Crippen LogP contribution is -2.20. The van der Waals surface area contributed by atoms with Crippen LogP contribution in [-0.2, 0) is 0 Å². The number of aromatic nitrogens is 2. The number of nitriles is 1. The number of rotatable bonds is 0. The van der Waals surface area contributed by atoms with Gasteiger partial charge in [-0.2, -0.15) is 9.99 Å². The van der Waals surface area contributed by atoms with E-state index >= 15 is 0 Å². The molecule has 0 bridgehead atoms. The van der Waals surface area contributed by atoms with Crippen molar-refractivity contribution >= 4 is 0 Å². The summed E-state index contributed by atoms with van der Waals surface area (Å²) in [6, 6.07) is 1.66. The van der Waals surface area contributed by atoms with Crippen LogP contribution in [0.3, 0.4) is 0 Å². The fourth-order valence-corrected chi connectivity index (χ4v) is 0.497. The van der Waals surface area contributed by atoms with Crippen molar-refractivity contribution in [1.82, 2.24) is 9.71 Å². The van der Waals surface area contributed by atoms with Gasteiger partial charge in [-0.15, -0.1) is 0 Å². The Morgan fingerprint density at radius 3 is 3.00 bits per heavy atom. The molecule has 0 unspecified atom stereocenters. The molecule has 0 amide bonds. The van der Waals surface area contributed by atoms with Crippen LogP contribution >= 0.6 is 0 Å². The molecule has 0 aliphatic heterocycles. The number of nitrogens with zero attached hydrogens (tertiary/aromatic N) is 3. The first-order valence-electron chi connectivity index (χ1n) is 2.47. The summed E-state index contributed by atoms with van der Waals surface area (Å²) >= 11 is 0. The highest BCUT2D eigenvalue weighted by Gasteiger charge is 1.95. The summed E-state index contributed by atoms with van der Waals surface area (Å²) in [6.07, 6.45) is 2.43. The molecule has 2 N–H and O–H groups in total. The summed E-state index contributed by atoms with van der Waals surface area (Å²) in [4.78, 5) is 3.53. The Balaban J connectivity index is 3.47. The predicted octanol–water partition coefficient (Wildman–Crippen LogP) is -0.528. The standard InChI is InChI=1S/C5H4N4O/c6-3-4-5(7)9(10)2-1-8-4/h1-2,7,10H. The maximum atomic E-state index is 8.77. The quantitative estimate of drug-likeness (QED) is 0.470. The SMILES string of the molecule is N#Cc1nccn(O)c1=N. The summed E-state index contributed by atoms with van der Waals surface area (Å²) in [5.74, 6) is 0. The zero-order valence-electron chi connectivity index (χ0n) is 4.94. The summed E-state index contributed by atoms with van der Waals surface area (Å²) in [6.45, 7) is 0. The average molecular weight is 136 g/mol. The molecule has 0 aliphatic carbocycles. The second-order valence-electron chi connectivity index (χ2n) is 1.58. The van der Waals surface area contributed by atoms with Crippen LogP contribution < -0.4 is 5.49 Å². The molecule has 0 radical (unpaired) electrons. The fourth-order valence-electron chi connectivity index (χ4n) is 0.497. The zero-order chi connectivity index (χ0) is 7.56. The van der Waals surface area contributed by atoms with Gasteiger partial charge in [0.2, 0.25) is 0 Å². The third-order valence-corrected chi connectivity index (χ3v) is 0.971. The highest BCUT2D eigenvalue weighted by atomic mass is 16.5. The molecule has 5 nitrogen and oxygen atoms in total. The van der Waals surface area contributed by atoms with Gasteiger partial charge >= 0.3 is 0 Å². The maximum Gasteiger partial charge on any atom is 0.197 e. The van der Waals surface area contributed by atoms with Crippen LogP contribution in [0.25, 0.3) is 0 Å². The first kappa shape index (κ1) is 6.29. The van der Waals surface area contributed by atoms with Crippen molar-refractivity contribution in [3.8, 4) is 6.07 Å². The van der Waals surface area contributed by atoms with Gasteiger partial charge < -0.3 is 5.21 Å². The van der Waals surface area contributed by atoms with Crippen LogP contribution in [-0.4, -0.2) is 14.9 Å². The van der Waals surface area contributed by atoms with Crippen molar-refractivity contribution in [3.63, 3.8) is 0 Å². The highest BCUT2D eigenvalue weighted by Crippen LogP contribution is 1.77. The minimum absolute atomic E-state index is 0.0926. The lowest BCUT2D eigenvalue weighted by molar-refractivity contribution is 0.169. The molecular weight excluding hydrogens is 132 g/mol. The van der Waals surface area contributed by atoms with Gasteiger partial charge in [0, 0.05) is 6.20 Å². The van der Waals surface area contributed by atoms with E-state index in [1.807, 2.05) is 0 Å². The molecule has 10 heavy (non-hydrogen) atoms. The van der Waals surface area contributed by atoms with Gasteiger partial charge in [-0.05, 0) is 0 Å². The van der Waals surface area contributed by atoms with E-state index in [2.05, 4.69) is 4.98 Å². The molecule has 0 aromatic carbocycles. The molecule has 1 aromatic rings. The lowest BCUT2D eigenvalue weighted by atomic mass is 10.5. The number of nitrogens with one attached hydrogen (secondary N) is 1. The number of hydrogen-bond acceptors (Lipinski definition) is 4. The predicted molar refractivity (Wildman–Crippen MR) is 30.0 cm³/mol. The molecule has 1 heterocycles. The van der Waals surface area contributed by atoms with Gasteiger partial charge in [0.05, 0.1) is 6.20 Å². The molecule has 1 aromatic heterocycles. The highest BCUT2D eigenvalue weighted by molar-refractivity contribution is 5.13. The van der Waals surface area contributed by atoms with Gasteiger partial charge in [0.25, 0.3) is 0 Å². The van der Waals surface area contributed by atoms with Crippen LogP contribution in [0.15, 0.2) is 12.4 Å². The van der Waals surface area contributed by atoms with Gasteiger partial charge in [-0.3, -0.25) is 5.41 Å². The Morgan fingerprint density at radius 1 is 1.80 bits per heavy atom. The smallest absolute Gasteiger partial charge is 0.197 e. The molecule has 0 saturated heterocycles. The van der Waals surface area contributed by atoms with Crippen molar-refractivity contribution < 1.29 is 5.21 Å². The van der Waals surface area contributed by atoms with Gasteiger partial charge in [0.1, 0.15) is 6.07 Å². The van der Waals surface area contributed by atoms with Crippen molar-refractivity contribution in [2.24, 2.45) is 0 Å². The third-order valence-electron chi connectivity index (χ3n) is 0.971. The largest absolute Gasteiger partial charge is 0.427 e. The fraction of sp³-hybridized carbons (Fsp3) is 0. The first-order chi connectivity index (χ1) is 4.75. The van der Waals surface area contributed by atoms with Crippen molar-refractivity contribution in [2.45, 2.75) is 0 Å². The topological polar surface area (TPSA) is 85.7 Å². The summed E-state index contributed by atoms with van der Waals surface area (Å²) in [5.41, 5.74) is -0.394. The molecule has 0 spiro atoms. The molecular formula is C5H4N4O. The molecule has 0 saturated carbocycles. The van der Waals surface area contributed by atoms with E-state index in [0.717, 1.165) is 0 Å². The molecule has 50 valence electrons. The van der Waals surface area contributed by atoms with Crippen molar-refractivity contribution in [3.05, 3.63) is 23.6 Å². The second kappa shape index (κ2) is 2.19. The molecule has 0 aliphatic rings. The number of hydrogen-bond donors (Lipinski definition) is 2. The van der Waals surface area contributed by atoms with Crippen LogP contribution in [0.4, 0.5) is 0 Å². The van der Waals surface area contributed by atoms with E-state index < -0.39 is 0 Å². The van der Waals surface area contributed by atoms with E-state index in [9.17, 15) is 0 Å². The average Bonchev–Trinajstić information content (AvgIpc) is 1.95. The summed E-state index contributed by atoms with van der Waals surface area (Å²) in [5, 5.41) is 24.1. The molecule has 0 atom stereocenters. The van der Waals surface area contributed by atoms with Crippen molar-refractivity contribution in [2.75, 3.05) is 0 Å². The lowest BCUT2D eigenvalue weighted by Gasteiger charge is -1.93. The Kier molecular flexibility index (Phi) is 1.38. The molecule has 5 heteroatoms. The van der Waals surface area contributed by atoms with Gasteiger partial charge in [0.15, 0.2) is 11.2 Å². The Hall–Kier alpha value is -1.83. The van der Waals surface area contributed by atoms with E-state index in [1.165, 1.54) is 12.4 Å². The summed E-state index contributed by atoms with van der Waals surface area (Å²) in [7, 11) is 0. The minimum atomic E-state index is -0.301.